The van der Waals surface area contributed by atoms with Gasteiger partial charge in [0.05, 0.1) is 10.5 Å². The molecule has 3 N–H and O–H groups in total. The van der Waals surface area contributed by atoms with Crippen LogP contribution in [0.1, 0.15) is 15.9 Å². The Labute approximate surface area is 137 Å². The van der Waals surface area contributed by atoms with Gasteiger partial charge in [-0.2, -0.15) is 0 Å². The van der Waals surface area contributed by atoms with Crippen LogP contribution in [0.15, 0.2) is 47.4 Å². The van der Waals surface area contributed by atoms with Gasteiger partial charge in [0, 0.05) is 6.07 Å². The molecule has 0 bridgehead atoms. The van der Waals surface area contributed by atoms with E-state index < -0.39 is 31.4 Å². The Balaban J connectivity index is 2.24. The number of hydrogen-bond donors (Lipinski definition) is 3. The van der Waals surface area contributed by atoms with E-state index in [0.29, 0.717) is 5.56 Å². The first-order valence-electron chi connectivity index (χ1n) is 6.58. The highest BCUT2D eigenvalue weighted by atomic mass is 32.2. The van der Waals surface area contributed by atoms with Gasteiger partial charge < -0.3 is 5.11 Å². The zero-order valence-electron chi connectivity index (χ0n) is 12.4. The minimum atomic E-state index is -4.37. The maximum absolute atomic E-state index is 12.2. The summed E-state index contributed by atoms with van der Waals surface area (Å²) in [4.78, 5) is 23.2. The van der Waals surface area contributed by atoms with E-state index in [4.69, 9.17) is 0 Å². The minimum absolute atomic E-state index is 0.139. The molecule has 2 aromatic carbocycles. The van der Waals surface area contributed by atoms with Gasteiger partial charge in [-0.1, -0.05) is 24.3 Å². The Morgan fingerprint density at radius 2 is 1.83 bits per heavy atom. The van der Waals surface area contributed by atoms with Gasteiger partial charge in [-0.05, 0) is 24.6 Å². The second kappa shape index (κ2) is 6.64. The van der Waals surface area contributed by atoms with Crippen molar-refractivity contribution in [3.05, 3.63) is 63.7 Å². The Hall–Kier alpha value is -2.98. The maximum Gasteiger partial charge on any atom is 0.289 e. The monoisotopic (exact) mass is 351 g/mol. The number of nitro groups is 1. The van der Waals surface area contributed by atoms with Crippen molar-refractivity contribution in [1.29, 1.82) is 0 Å². The highest BCUT2D eigenvalue weighted by molar-refractivity contribution is 7.89. The number of sulfonamides is 1. The third-order valence-electron chi connectivity index (χ3n) is 3.13. The highest BCUT2D eigenvalue weighted by Crippen LogP contribution is 2.23. The molecule has 10 heteroatoms. The standard InChI is InChI=1S/C14H13N3O6S/c1-9-5-4-6-10(13(9)18)14(19)15-16-24(22,23)12-8-3-2-7-11(12)17(20)21/h2-8,16,18H,1H3,(H,15,19). The van der Waals surface area contributed by atoms with Gasteiger partial charge in [-0.3, -0.25) is 20.3 Å². The number of nitrogens with one attached hydrogen (secondary N) is 2. The molecule has 0 aliphatic carbocycles. The summed E-state index contributed by atoms with van der Waals surface area (Å²) < 4.78 is 24.3. The summed E-state index contributed by atoms with van der Waals surface area (Å²) in [5.41, 5.74) is 1.58. The van der Waals surface area contributed by atoms with E-state index in [1.807, 2.05) is 5.43 Å². The second-order valence-electron chi connectivity index (χ2n) is 4.76. The lowest BCUT2D eigenvalue weighted by atomic mass is 10.1. The molecular formula is C14H13N3O6S. The summed E-state index contributed by atoms with van der Waals surface area (Å²) in [5, 5.41) is 20.7. The number of amides is 1. The second-order valence-corrected chi connectivity index (χ2v) is 6.41. The van der Waals surface area contributed by atoms with Crippen LogP contribution in [0.3, 0.4) is 0 Å². The molecule has 0 radical (unpaired) electrons. The number of hydrazine groups is 1. The zero-order chi connectivity index (χ0) is 17.9. The summed E-state index contributed by atoms with van der Waals surface area (Å²) in [7, 11) is -4.37. The summed E-state index contributed by atoms with van der Waals surface area (Å²) in [5.74, 6) is -1.20. The predicted octanol–water partition coefficient (Wildman–Crippen LogP) is 1.23. The first-order valence-corrected chi connectivity index (χ1v) is 8.06. The van der Waals surface area contributed by atoms with Crippen LogP contribution in [-0.2, 0) is 10.0 Å². The number of para-hydroxylation sites is 2. The molecule has 0 aliphatic rings. The van der Waals surface area contributed by atoms with E-state index in [-0.39, 0.29) is 11.3 Å². The number of rotatable bonds is 5. The van der Waals surface area contributed by atoms with Crippen molar-refractivity contribution in [3.8, 4) is 5.75 Å². The van der Waals surface area contributed by atoms with Crippen molar-refractivity contribution < 1.29 is 23.2 Å². The summed E-state index contributed by atoms with van der Waals surface area (Å²) >= 11 is 0. The molecule has 0 spiro atoms. The van der Waals surface area contributed by atoms with Gasteiger partial charge in [-0.25, -0.2) is 8.42 Å². The van der Waals surface area contributed by atoms with E-state index in [2.05, 4.69) is 0 Å². The maximum atomic E-state index is 12.2. The van der Waals surface area contributed by atoms with Crippen molar-refractivity contribution in [2.24, 2.45) is 0 Å². The van der Waals surface area contributed by atoms with E-state index in [0.717, 1.165) is 12.1 Å². The van der Waals surface area contributed by atoms with E-state index in [9.17, 15) is 28.4 Å². The van der Waals surface area contributed by atoms with Crippen LogP contribution in [0, 0.1) is 17.0 Å². The summed E-state index contributed by atoms with van der Waals surface area (Å²) in [6, 6.07) is 9.09. The average molecular weight is 351 g/mol. The molecular weight excluding hydrogens is 338 g/mol. The molecule has 0 aliphatic heterocycles. The Morgan fingerprint density at radius 3 is 2.50 bits per heavy atom. The van der Waals surface area contributed by atoms with Crippen molar-refractivity contribution in [2.75, 3.05) is 0 Å². The van der Waals surface area contributed by atoms with Crippen LogP contribution in [0.4, 0.5) is 5.69 Å². The zero-order valence-corrected chi connectivity index (χ0v) is 13.2. The van der Waals surface area contributed by atoms with Crippen molar-refractivity contribution in [3.63, 3.8) is 0 Å². The first-order chi connectivity index (χ1) is 11.2. The van der Waals surface area contributed by atoms with Crippen LogP contribution in [0.5, 0.6) is 5.75 Å². The molecule has 9 nitrogen and oxygen atoms in total. The third-order valence-corrected chi connectivity index (χ3v) is 4.43. The largest absolute Gasteiger partial charge is 0.507 e. The quantitative estimate of drug-likeness (QED) is 0.547. The lowest BCUT2D eigenvalue weighted by Gasteiger charge is -2.10. The van der Waals surface area contributed by atoms with Gasteiger partial charge in [0.15, 0.2) is 4.90 Å². The van der Waals surface area contributed by atoms with Crippen molar-refractivity contribution in [1.82, 2.24) is 10.3 Å². The molecule has 2 rings (SSSR count). The van der Waals surface area contributed by atoms with Crippen LogP contribution in [-0.4, -0.2) is 24.4 Å². The third kappa shape index (κ3) is 3.50. The molecule has 0 heterocycles. The molecule has 2 aromatic rings. The molecule has 1 amide bonds. The molecule has 0 atom stereocenters. The number of aromatic hydroxyl groups is 1. The molecule has 24 heavy (non-hydrogen) atoms. The van der Waals surface area contributed by atoms with Crippen molar-refractivity contribution >= 4 is 21.6 Å². The Morgan fingerprint density at radius 1 is 1.17 bits per heavy atom. The number of carbonyl (C=O) groups excluding carboxylic acids is 1. The van der Waals surface area contributed by atoms with Crippen LogP contribution < -0.4 is 10.3 Å². The molecule has 126 valence electrons. The van der Waals surface area contributed by atoms with Crippen LogP contribution >= 0.6 is 0 Å². The number of aryl methyl sites for hydroxylation is 1. The molecule has 0 saturated carbocycles. The fraction of sp³-hybridized carbons (Fsp3) is 0.0714. The molecule has 0 aromatic heterocycles. The number of nitro benzene ring substituents is 1. The van der Waals surface area contributed by atoms with Gasteiger partial charge in [-0.15, -0.1) is 4.83 Å². The SMILES string of the molecule is Cc1cccc(C(=O)NNS(=O)(=O)c2ccccc2[N+](=O)[O-])c1O. The fourth-order valence-corrected chi connectivity index (χ4v) is 2.93. The lowest BCUT2D eigenvalue weighted by Crippen LogP contribution is -2.41. The number of phenols is 1. The number of nitrogens with zero attached hydrogens (tertiary/aromatic N) is 1. The van der Waals surface area contributed by atoms with E-state index in [1.54, 1.807) is 17.8 Å². The van der Waals surface area contributed by atoms with E-state index >= 15 is 0 Å². The predicted molar refractivity (Wildman–Crippen MR) is 83.7 cm³/mol. The number of carbonyl (C=O) groups is 1. The van der Waals surface area contributed by atoms with Gasteiger partial charge in [0.25, 0.3) is 21.6 Å². The van der Waals surface area contributed by atoms with Crippen LogP contribution in [0.25, 0.3) is 0 Å². The first kappa shape index (κ1) is 17.4. The highest BCUT2D eigenvalue weighted by Gasteiger charge is 2.26. The van der Waals surface area contributed by atoms with Gasteiger partial charge in [0.2, 0.25) is 0 Å². The van der Waals surface area contributed by atoms with Crippen LogP contribution in [0.2, 0.25) is 0 Å². The number of benzene rings is 2. The summed E-state index contributed by atoms with van der Waals surface area (Å²) in [6.45, 7) is 1.57. The number of phenolic OH excluding ortho intramolecular Hbond substituents is 1. The smallest absolute Gasteiger partial charge is 0.289 e. The minimum Gasteiger partial charge on any atom is -0.507 e. The fourth-order valence-electron chi connectivity index (χ4n) is 1.91. The summed E-state index contributed by atoms with van der Waals surface area (Å²) in [6.07, 6.45) is 0. The van der Waals surface area contributed by atoms with Gasteiger partial charge >= 0.3 is 0 Å². The Bertz CT molecular complexity index is 910. The molecule has 0 unspecified atom stereocenters. The number of hydrogen-bond acceptors (Lipinski definition) is 6. The molecule has 0 saturated heterocycles. The normalized spacial score (nSPS) is 11.0. The lowest BCUT2D eigenvalue weighted by molar-refractivity contribution is -0.387. The molecule has 0 fully saturated rings. The average Bonchev–Trinajstić information content (AvgIpc) is 2.55. The van der Waals surface area contributed by atoms with E-state index in [1.165, 1.54) is 24.3 Å². The Kier molecular flexibility index (Phi) is 4.81. The topological polar surface area (TPSA) is 139 Å². The van der Waals surface area contributed by atoms with Gasteiger partial charge in [0.1, 0.15) is 5.75 Å². The van der Waals surface area contributed by atoms with Crippen molar-refractivity contribution in [2.45, 2.75) is 11.8 Å².